The van der Waals surface area contributed by atoms with Crippen LogP contribution >= 0.6 is 0 Å². The molecule has 1 aromatic carbocycles. The molecule has 0 amide bonds. The first-order valence-corrected chi connectivity index (χ1v) is 9.61. The fourth-order valence-corrected chi connectivity index (χ4v) is 4.12. The SMILES string of the molecule is CC(Nc1nc2n(n1)CCCC2c1ccc(C(F)(F)F)cc1F)C1CCNC1. The maximum absolute atomic E-state index is 14.5. The van der Waals surface area contributed by atoms with E-state index in [1.165, 1.54) is 6.07 Å². The van der Waals surface area contributed by atoms with Crippen molar-refractivity contribution < 1.29 is 17.6 Å². The van der Waals surface area contributed by atoms with E-state index in [1.54, 1.807) is 4.68 Å². The lowest BCUT2D eigenvalue weighted by Crippen LogP contribution is -2.28. The quantitative estimate of drug-likeness (QED) is 0.772. The Labute approximate surface area is 160 Å². The van der Waals surface area contributed by atoms with E-state index < -0.39 is 23.5 Å². The molecule has 1 fully saturated rings. The summed E-state index contributed by atoms with van der Waals surface area (Å²) in [6.07, 6.45) is -2.08. The Balaban J connectivity index is 1.58. The summed E-state index contributed by atoms with van der Waals surface area (Å²) in [6, 6.07) is 2.93. The average molecular weight is 397 g/mol. The minimum atomic E-state index is -4.56. The van der Waals surface area contributed by atoms with Crippen molar-refractivity contribution in [2.75, 3.05) is 18.4 Å². The van der Waals surface area contributed by atoms with Gasteiger partial charge >= 0.3 is 6.18 Å². The third kappa shape index (κ3) is 3.72. The summed E-state index contributed by atoms with van der Waals surface area (Å²) in [5.74, 6) is 0.333. The molecule has 2 aliphatic rings. The molecule has 3 heterocycles. The molecular formula is C19H23F4N5. The van der Waals surface area contributed by atoms with Crippen molar-refractivity contribution in [3.05, 3.63) is 41.0 Å². The number of alkyl halides is 3. The van der Waals surface area contributed by atoms with Gasteiger partial charge in [0, 0.05) is 18.5 Å². The maximum Gasteiger partial charge on any atom is 0.416 e. The van der Waals surface area contributed by atoms with Crippen LogP contribution in [0.5, 0.6) is 0 Å². The first-order chi connectivity index (χ1) is 13.3. The van der Waals surface area contributed by atoms with Crippen LogP contribution < -0.4 is 10.6 Å². The van der Waals surface area contributed by atoms with Gasteiger partial charge in [0.25, 0.3) is 0 Å². The van der Waals surface area contributed by atoms with Crippen molar-refractivity contribution in [1.29, 1.82) is 0 Å². The van der Waals surface area contributed by atoms with Crippen molar-refractivity contribution in [3.63, 3.8) is 0 Å². The molecule has 3 unspecified atom stereocenters. The lowest BCUT2D eigenvalue weighted by Gasteiger charge is -2.23. The predicted molar refractivity (Wildman–Crippen MR) is 96.6 cm³/mol. The molecule has 5 nitrogen and oxygen atoms in total. The van der Waals surface area contributed by atoms with Crippen molar-refractivity contribution in [2.45, 2.75) is 50.9 Å². The van der Waals surface area contributed by atoms with Gasteiger partial charge in [-0.25, -0.2) is 9.07 Å². The lowest BCUT2D eigenvalue weighted by molar-refractivity contribution is -0.137. The highest BCUT2D eigenvalue weighted by Gasteiger charge is 2.34. The summed E-state index contributed by atoms with van der Waals surface area (Å²) in [7, 11) is 0. The minimum Gasteiger partial charge on any atom is -0.350 e. The van der Waals surface area contributed by atoms with E-state index in [0.29, 0.717) is 36.7 Å². The zero-order valence-electron chi connectivity index (χ0n) is 15.6. The average Bonchev–Trinajstić information content (AvgIpc) is 3.30. The highest BCUT2D eigenvalue weighted by atomic mass is 19.4. The Kier molecular flexibility index (Phi) is 5.03. The normalized spacial score (nSPS) is 23.5. The number of hydrogen-bond donors (Lipinski definition) is 2. The lowest BCUT2D eigenvalue weighted by atomic mass is 9.90. The van der Waals surface area contributed by atoms with E-state index in [1.807, 2.05) is 0 Å². The third-order valence-corrected chi connectivity index (χ3v) is 5.74. The Bertz CT molecular complexity index is 841. The maximum atomic E-state index is 14.5. The second-order valence-corrected chi connectivity index (χ2v) is 7.63. The van der Waals surface area contributed by atoms with E-state index in [4.69, 9.17) is 0 Å². The molecular weight excluding hydrogens is 374 g/mol. The number of fused-ring (bicyclic) bond motifs is 1. The van der Waals surface area contributed by atoms with E-state index in [0.717, 1.165) is 32.0 Å². The van der Waals surface area contributed by atoms with Crippen LogP contribution in [0.4, 0.5) is 23.5 Å². The van der Waals surface area contributed by atoms with Gasteiger partial charge in [-0.15, -0.1) is 5.10 Å². The molecule has 2 aliphatic heterocycles. The van der Waals surface area contributed by atoms with Crippen LogP contribution in [0.3, 0.4) is 0 Å². The molecule has 152 valence electrons. The number of hydrogen-bond acceptors (Lipinski definition) is 4. The predicted octanol–water partition coefficient (Wildman–Crippen LogP) is 3.77. The molecule has 0 radical (unpaired) electrons. The summed E-state index contributed by atoms with van der Waals surface area (Å²) < 4.78 is 54.7. The van der Waals surface area contributed by atoms with Crippen LogP contribution in [0.1, 0.15) is 49.1 Å². The third-order valence-electron chi connectivity index (χ3n) is 5.74. The van der Waals surface area contributed by atoms with Crippen molar-refractivity contribution in [3.8, 4) is 0 Å². The van der Waals surface area contributed by atoms with Gasteiger partial charge in [0.05, 0.1) is 5.56 Å². The van der Waals surface area contributed by atoms with Gasteiger partial charge in [0.2, 0.25) is 5.95 Å². The molecule has 3 atom stereocenters. The first-order valence-electron chi connectivity index (χ1n) is 9.61. The Morgan fingerprint density at radius 1 is 1.29 bits per heavy atom. The topological polar surface area (TPSA) is 54.8 Å². The molecule has 1 aromatic heterocycles. The molecule has 1 saturated heterocycles. The van der Waals surface area contributed by atoms with Crippen LogP contribution in [0, 0.1) is 11.7 Å². The highest BCUT2D eigenvalue weighted by Crippen LogP contribution is 2.37. The van der Waals surface area contributed by atoms with E-state index in [2.05, 4.69) is 27.6 Å². The van der Waals surface area contributed by atoms with Crippen LogP contribution in [-0.2, 0) is 12.7 Å². The zero-order chi connectivity index (χ0) is 19.9. The second kappa shape index (κ2) is 7.35. The minimum absolute atomic E-state index is 0.195. The summed E-state index contributed by atoms with van der Waals surface area (Å²) in [5, 5.41) is 11.2. The van der Waals surface area contributed by atoms with Gasteiger partial charge in [0.1, 0.15) is 11.6 Å². The molecule has 0 bridgehead atoms. The van der Waals surface area contributed by atoms with Crippen LogP contribution in [0.25, 0.3) is 0 Å². The number of nitrogens with one attached hydrogen (secondary N) is 2. The summed E-state index contributed by atoms with van der Waals surface area (Å²) in [4.78, 5) is 4.56. The van der Waals surface area contributed by atoms with E-state index >= 15 is 0 Å². The number of halogens is 4. The molecule has 0 saturated carbocycles. The van der Waals surface area contributed by atoms with Gasteiger partial charge in [0.15, 0.2) is 0 Å². The molecule has 2 N–H and O–H groups in total. The molecule has 0 aliphatic carbocycles. The number of anilines is 1. The zero-order valence-corrected chi connectivity index (χ0v) is 15.6. The number of rotatable bonds is 4. The van der Waals surface area contributed by atoms with E-state index in [9.17, 15) is 17.6 Å². The van der Waals surface area contributed by atoms with Crippen molar-refractivity contribution in [2.24, 2.45) is 5.92 Å². The van der Waals surface area contributed by atoms with Crippen molar-refractivity contribution >= 4 is 5.95 Å². The Hall–Kier alpha value is -2.16. The molecule has 9 heteroatoms. The van der Waals surface area contributed by atoms with Gasteiger partial charge < -0.3 is 10.6 Å². The summed E-state index contributed by atoms with van der Waals surface area (Å²) >= 11 is 0. The fourth-order valence-electron chi connectivity index (χ4n) is 4.12. The number of aromatic nitrogens is 3. The highest BCUT2D eigenvalue weighted by molar-refractivity contribution is 5.35. The summed E-state index contributed by atoms with van der Waals surface area (Å²) in [6.45, 7) is 4.70. The van der Waals surface area contributed by atoms with Gasteiger partial charge in [-0.2, -0.15) is 18.2 Å². The fraction of sp³-hybridized carbons (Fsp3) is 0.579. The summed E-state index contributed by atoms with van der Waals surface area (Å²) in [5.41, 5.74) is -0.742. The Morgan fingerprint density at radius 2 is 2.11 bits per heavy atom. The largest absolute Gasteiger partial charge is 0.416 e. The van der Waals surface area contributed by atoms with Crippen molar-refractivity contribution in [1.82, 2.24) is 20.1 Å². The molecule has 28 heavy (non-hydrogen) atoms. The molecule has 4 rings (SSSR count). The number of aryl methyl sites for hydroxylation is 1. The van der Waals surface area contributed by atoms with E-state index in [-0.39, 0.29) is 11.6 Å². The van der Waals surface area contributed by atoms with Gasteiger partial charge in [-0.3, -0.25) is 0 Å². The monoisotopic (exact) mass is 397 g/mol. The molecule has 0 spiro atoms. The van der Waals surface area contributed by atoms with Gasteiger partial charge in [-0.05, 0) is 62.9 Å². The van der Waals surface area contributed by atoms with Crippen LogP contribution in [0.2, 0.25) is 0 Å². The van der Waals surface area contributed by atoms with Gasteiger partial charge in [-0.1, -0.05) is 6.07 Å². The molecule has 2 aromatic rings. The number of benzene rings is 1. The Morgan fingerprint density at radius 3 is 2.79 bits per heavy atom. The number of nitrogens with zero attached hydrogens (tertiary/aromatic N) is 3. The second-order valence-electron chi connectivity index (χ2n) is 7.63. The smallest absolute Gasteiger partial charge is 0.350 e. The van der Waals surface area contributed by atoms with Crippen LogP contribution in [0.15, 0.2) is 18.2 Å². The van der Waals surface area contributed by atoms with Crippen LogP contribution in [-0.4, -0.2) is 33.9 Å². The standard InChI is InChI=1S/C19H23F4N5/c1-11(12-6-7-24-10-12)25-18-26-17-15(3-2-8-28(17)27-18)14-5-4-13(9-16(14)20)19(21,22)23/h4-5,9,11-12,15,24H,2-3,6-8,10H2,1H3,(H,25,27). The first kappa shape index (κ1) is 19.2.